The van der Waals surface area contributed by atoms with Crippen molar-refractivity contribution in [2.45, 2.75) is 5.33 Å². The zero-order chi connectivity index (χ0) is 11.5. The van der Waals surface area contributed by atoms with Crippen LogP contribution in [0.3, 0.4) is 0 Å². The fraction of sp³-hybridized carbons (Fsp3) is 0.0769. The summed E-state index contributed by atoms with van der Waals surface area (Å²) in [5, 5.41) is 1.59. The molecule has 0 radical (unpaired) electrons. The molecule has 2 rings (SSSR count). The fourth-order valence-electron chi connectivity index (χ4n) is 1.56. The minimum absolute atomic E-state index is 0.758. The van der Waals surface area contributed by atoms with Crippen molar-refractivity contribution in [2.75, 3.05) is 0 Å². The summed E-state index contributed by atoms with van der Waals surface area (Å²) < 4.78 is 1.12. The maximum absolute atomic E-state index is 6.00. The lowest BCUT2D eigenvalue weighted by molar-refractivity contribution is 1.40. The van der Waals surface area contributed by atoms with Crippen molar-refractivity contribution in [3.05, 3.63) is 57.5 Å². The molecule has 2 aromatic carbocycles. The number of halogens is 3. The van der Waals surface area contributed by atoms with E-state index in [1.165, 1.54) is 11.1 Å². The molecule has 0 aliphatic rings. The van der Waals surface area contributed by atoms with Crippen LogP contribution in [0.2, 0.25) is 5.02 Å². The van der Waals surface area contributed by atoms with Gasteiger partial charge in [0.15, 0.2) is 0 Å². The number of alkyl halides is 1. The summed E-state index contributed by atoms with van der Waals surface area (Å²) in [7, 11) is 0. The normalized spacial score (nSPS) is 10.4. The molecule has 0 unspecified atom stereocenters. The number of hydrogen-bond donors (Lipinski definition) is 0. The van der Waals surface area contributed by atoms with Crippen LogP contribution in [-0.4, -0.2) is 0 Å². The van der Waals surface area contributed by atoms with Gasteiger partial charge in [-0.15, -0.1) is 0 Å². The molecule has 0 saturated carbocycles. The van der Waals surface area contributed by atoms with E-state index in [-0.39, 0.29) is 0 Å². The molecule has 0 aromatic heterocycles. The number of benzene rings is 2. The standard InChI is InChI=1S/C13H9Br2Cl/c14-8-10-4-2-6-12(13(10)15)9-3-1-5-11(16)7-9/h1-7H,8H2. The maximum atomic E-state index is 6.00. The highest BCUT2D eigenvalue weighted by molar-refractivity contribution is 9.11. The van der Waals surface area contributed by atoms with Crippen LogP contribution in [0.5, 0.6) is 0 Å². The van der Waals surface area contributed by atoms with Crippen LogP contribution in [0.25, 0.3) is 11.1 Å². The molecule has 0 bridgehead atoms. The second-order valence-corrected chi connectivity index (χ2v) is 5.21. The quantitative estimate of drug-likeness (QED) is 0.606. The Kier molecular flexibility index (Phi) is 4.06. The predicted molar refractivity (Wildman–Crippen MR) is 77.2 cm³/mol. The van der Waals surface area contributed by atoms with Crippen LogP contribution in [0.4, 0.5) is 0 Å². The molecule has 0 spiro atoms. The summed E-state index contributed by atoms with van der Waals surface area (Å²) in [5.41, 5.74) is 3.53. The lowest BCUT2D eigenvalue weighted by atomic mass is 10.0. The number of hydrogen-bond acceptors (Lipinski definition) is 0. The molecule has 0 nitrogen and oxygen atoms in total. The van der Waals surface area contributed by atoms with Gasteiger partial charge in [0, 0.05) is 14.8 Å². The van der Waals surface area contributed by atoms with Gasteiger partial charge in [-0.05, 0) is 44.8 Å². The molecule has 0 aliphatic carbocycles. The first-order chi connectivity index (χ1) is 7.72. The Morgan fingerprint density at radius 2 is 1.81 bits per heavy atom. The molecule has 0 N–H and O–H groups in total. The van der Waals surface area contributed by atoms with Gasteiger partial charge in [0.1, 0.15) is 0 Å². The average Bonchev–Trinajstić information content (AvgIpc) is 2.29. The zero-order valence-corrected chi connectivity index (χ0v) is 12.3. The fourth-order valence-corrected chi connectivity index (χ4v) is 3.23. The topological polar surface area (TPSA) is 0 Å². The lowest BCUT2D eigenvalue weighted by Crippen LogP contribution is -1.85. The summed E-state index contributed by atoms with van der Waals surface area (Å²) in [6.45, 7) is 0. The molecule has 0 amide bonds. The molecule has 0 aliphatic heterocycles. The first-order valence-corrected chi connectivity index (χ1v) is 7.11. The molecule has 0 heterocycles. The van der Waals surface area contributed by atoms with Gasteiger partial charge in [0.2, 0.25) is 0 Å². The Hall–Kier alpha value is -0.310. The van der Waals surface area contributed by atoms with Crippen LogP contribution < -0.4 is 0 Å². The summed E-state index contributed by atoms with van der Waals surface area (Å²) >= 11 is 13.1. The molecule has 3 heteroatoms. The third kappa shape index (κ3) is 2.50. The molecule has 0 atom stereocenters. The Morgan fingerprint density at radius 3 is 2.50 bits per heavy atom. The van der Waals surface area contributed by atoms with Gasteiger partial charge in [0.05, 0.1) is 0 Å². The van der Waals surface area contributed by atoms with Gasteiger partial charge in [0.25, 0.3) is 0 Å². The van der Waals surface area contributed by atoms with Gasteiger partial charge < -0.3 is 0 Å². The highest BCUT2D eigenvalue weighted by Crippen LogP contribution is 2.33. The average molecular weight is 360 g/mol. The van der Waals surface area contributed by atoms with Crippen molar-refractivity contribution in [1.82, 2.24) is 0 Å². The van der Waals surface area contributed by atoms with Gasteiger partial charge in [-0.2, -0.15) is 0 Å². The SMILES string of the molecule is Clc1cccc(-c2cccc(CBr)c2Br)c1. The summed E-state index contributed by atoms with van der Waals surface area (Å²) in [6.07, 6.45) is 0. The Bertz CT molecular complexity index is 509. The summed E-state index contributed by atoms with van der Waals surface area (Å²) in [4.78, 5) is 0. The van der Waals surface area contributed by atoms with Gasteiger partial charge >= 0.3 is 0 Å². The van der Waals surface area contributed by atoms with E-state index in [9.17, 15) is 0 Å². The van der Waals surface area contributed by atoms with E-state index in [0.29, 0.717) is 0 Å². The highest BCUT2D eigenvalue weighted by Gasteiger charge is 2.06. The zero-order valence-electron chi connectivity index (χ0n) is 8.38. The van der Waals surface area contributed by atoms with Crippen LogP contribution in [0.15, 0.2) is 46.9 Å². The van der Waals surface area contributed by atoms with Gasteiger partial charge in [-0.3, -0.25) is 0 Å². The monoisotopic (exact) mass is 358 g/mol. The van der Waals surface area contributed by atoms with Crippen LogP contribution in [0, 0.1) is 0 Å². The van der Waals surface area contributed by atoms with Crippen molar-refractivity contribution in [3.8, 4) is 11.1 Å². The van der Waals surface area contributed by atoms with Crippen molar-refractivity contribution in [2.24, 2.45) is 0 Å². The molecule has 0 saturated heterocycles. The highest BCUT2D eigenvalue weighted by atomic mass is 79.9. The first kappa shape index (κ1) is 12.2. The maximum Gasteiger partial charge on any atom is 0.0412 e. The minimum atomic E-state index is 0.758. The molecular formula is C13H9Br2Cl. The Labute approximate surface area is 117 Å². The van der Waals surface area contributed by atoms with E-state index in [0.717, 1.165) is 20.4 Å². The van der Waals surface area contributed by atoms with Gasteiger partial charge in [-0.1, -0.05) is 57.9 Å². The molecule has 2 aromatic rings. The second-order valence-electron chi connectivity index (χ2n) is 3.42. The van der Waals surface area contributed by atoms with E-state index in [4.69, 9.17) is 11.6 Å². The molecule has 82 valence electrons. The summed E-state index contributed by atoms with van der Waals surface area (Å²) in [6, 6.07) is 14.1. The Balaban J connectivity index is 2.56. The molecule has 16 heavy (non-hydrogen) atoms. The molecular weight excluding hydrogens is 351 g/mol. The van der Waals surface area contributed by atoms with Crippen LogP contribution >= 0.6 is 43.5 Å². The largest absolute Gasteiger partial charge is 0.0876 e. The van der Waals surface area contributed by atoms with E-state index < -0.39 is 0 Å². The van der Waals surface area contributed by atoms with E-state index in [1.54, 1.807) is 0 Å². The van der Waals surface area contributed by atoms with E-state index in [2.05, 4.69) is 56.1 Å². The van der Waals surface area contributed by atoms with Crippen molar-refractivity contribution in [3.63, 3.8) is 0 Å². The van der Waals surface area contributed by atoms with Crippen LogP contribution in [-0.2, 0) is 5.33 Å². The van der Waals surface area contributed by atoms with Gasteiger partial charge in [-0.25, -0.2) is 0 Å². The van der Waals surface area contributed by atoms with Crippen molar-refractivity contribution in [1.29, 1.82) is 0 Å². The predicted octanol–water partition coefficient (Wildman–Crippen LogP) is 5.66. The minimum Gasteiger partial charge on any atom is -0.0876 e. The van der Waals surface area contributed by atoms with E-state index >= 15 is 0 Å². The first-order valence-electron chi connectivity index (χ1n) is 4.81. The van der Waals surface area contributed by atoms with Crippen LogP contribution in [0.1, 0.15) is 5.56 Å². The third-order valence-corrected chi connectivity index (χ3v) is 4.13. The van der Waals surface area contributed by atoms with Crippen molar-refractivity contribution < 1.29 is 0 Å². The molecule has 0 fully saturated rings. The second kappa shape index (κ2) is 5.35. The third-order valence-electron chi connectivity index (χ3n) is 2.36. The summed E-state index contributed by atoms with van der Waals surface area (Å²) in [5.74, 6) is 0. The van der Waals surface area contributed by atoms with Crippen molar-refractivity contribution >= 4 is 43.5 Å². The Morgan fingerprint density at radius 1 is 1.06 bits per heavy atom. The smallest absolute Gasteiger partial charge is 0.0412 e. The van der Waals surface area contributed by atoms with E-state index in [1.807, 2.05) is 18.2 Å². The number of rotatable bonds is 2. The lowest BCUT2D eigenvalue weighted by Gasteiger charge is -2.08.